The van der Waals surface area contributed by atoms with E-state index in [0.717, 1.165) is 11.5 Å². The summed E-state index contributed by atoms with van der Waals surface area (Å²) in [5.41, 5.74) is 0.793. The molecule has 1 atom stereocenters. The summed E-state index contributed by atoms with van der Waals surface area (Å²) in [5.74, 6) is 0.571. The zero-order valence-corrected chi connectivity index (χ0v) is 12.0. The predicted molar refractivity (Wildman–Crippen MR) is 79.6 cm³/mol. The normalized spacial score (nSPS) is 17.3. The van der Waals surface area contributed by atoms with E-state index in [1.54, 1.807) is 12.4 Å². The average molecular weight is 299 g/mol. The van der Waals surface area contributed by atoms with Gasteiger partial charge in [0.15, 0.2) is 5.82 Å². The Labute approximate surface area is 127 Å². The first-order valence-corrected chi connectivity index (χ1v) is 7.23. The number of aromatic nitrogens is 3. The van der Waals surface area contributed by atoms with Gasteiger partial charge in [-0.15, -0.1) is 0 Å². The van der Waals surface area contributed by atoms with Crippen molar-refractivity contribution in [2.45, 2.75) is 25.4 Å². The molecule has 0 saturated carbocycles. The Hall–Kier alpha value is -2.70. The Balaban J connectivity index is 1.56. The minimum absolute atomic E-state index is 0.0628. The maximum Gasteiger partial charge on any atom is 0.242 e. The van der Waals surface area contributed by atoms with Crippen molar-refractivity contribution in [3.8, 4) is 11.5 Å². The number of nitrogens with zero attached hydrogens (tertiary/aromatic N) is 3. The van der Waals surface area contributed by atoms with Crippen molar-refractivity contribution in [1.29, 1.82) is 0 Å². The van der Waals surface area contributed by atoms with Gasteiger partial charge in [0.2, 0.25) is 11.8 Å². The van der Waals surface area contributed by atoms with Crippen molar-refractivity contribution in [3.05, 3.63) is 36.8 Å². The lowest BCUT2D eigenvalue weighted by Gasteiger charge is -2.12. The second-order valence-corrected chi connectivity index (χ2v) is 5.11. The van der Waals surface area contributed by atoms with Gasteiger partial charge in [0.1, 0.15) is 11.7 Å². The first kappa shape index (κ1) is 14.2. The van der Waals surface area contributed by atoms with Gasteiger partial charge in [0.05, 0.1) is 0 Å². The number of hydrogen-bond acceptors (Lipinski definition) is 4. The third-order valence-corrected chi connectivity index (χ3v) is 3.57. The SMILES string of the molecule is O=C1CCC(C(=O)NCCn2ccnc2-c2ccccn2)N1. The molecular formula is C15H17N5O2. The Morgan fingerprint density at radius 3 is 3.00 bits per heavy atom. The van der Waals surface area contributed by atoms with Crippen molar-refractivity contribution in [3.63, 3.8) is 0 Å². The van der Waals surface area contributed by atoms with E-state index in [0.29, 0.717) is 25.9 Å². The topological polar surface area (TPSA) is 88.9 Å². The summed E-state index contributed by atoms with van der Waals surface area (Å²) in [6, 6.07) is 5.26. The lowest BCUT2D eigenvalue weighted by molar-refractivity contribution is -0.125. The highest BCUT2D eigenvalue weighted by Gasteiger charge is 2.26. The molecule has 3 heterocycles. The van der Waals surface area contributed by atoms with Crippen LogP contribution in [0.5, 0.6) is 0 Å². The Morgan fingerprint density at radius 1 is 1.36 bits per heavy atom. The minimum atomic E-state index is -0.398. The number of nitrogens with one attached hydrogen (secondary N) is 2. The zero-order chi connectivity index (χ0) is 15.4. The van der Waals surface area contributed by atoms with Crippen molar-refractivity contribution in [2.24, 2.45) is 0 Å². The second kappa shape index (κ2) is 6.38. The van der Waals surface area contributed by atoms with Gasteiger partial charge in [0, 0.05) is 38.1 Å². The fraction of sp³-hybridized carbons (Fsp3) is 0.333. The van der Waals surface area contributed by atoms with Crippen LogP contribution in [0.25, 0.3) is 11.5 Å². The Kier molecular flexibility index (Phi) is 4.13. The molecule has 7 nitrogen and oxygen atoms in total. The van der Waals surface area contributed by atoms with E-state index < -0.39 is 6.04 Å². The molecule has 0 aromatic carbocycles. The standard InChI is InChI=1S/C15H17N5O2/c21-13-5-4-12(19-13)15(22)18-8-10-20-9-7-17-14(20)11-3-1-2-6-16-11/h1-3,6-7,9,12H,4-5,8,10H2,(H,18,22)(H,19,21). The molecule has 1 aliphatic heterocycles. The summed E-state index contributed by atoms with van der Waals surface area (Å²) in [6.07, 6.45) is 6.27. The van der Waals surface area contributed by atoms with Crippen LogP contribution >= 0.6 is 0 Å². The van der Waals surface area contributed by atoms with Gasteiger partial charge in [-0.25, -0.2) is 4.98 Å². The molecule has 2 aromatic rings. The van der Waals surface area contributed by atoms with Crippen LogP contribution in [-0.2, 0) is 16.1 Å². The van der Waals surface area contributed by atoms with Gasteiger partial charge in [-0.2, -0.15) is 0 Å². The molecule has 1 fully saturated rings. The fourth-order valence-electron chi connectivity index (χ4n) is 2.45. The molecule has 1 saturated heterocycles. The first-order chi connectivity index (χ1) is 10.7. The highest BCUT2D eigenvalue weighted by atomic mass is 16.2. The third kappa shape index (κ3) is 3.13. The van der Waals surface area contributed by atoms with Gasteiger partial charge in [-0.3, -0.25) is 14.6 Å². The molecule has 2 aromatic heterocycles. The summed E-state index contributed by atoms with van der Waals surface area (Å²) in [7, 11) is 0. The molecule has 2 amide bonds. The van der Waals surface area contributed by atoms with Crippen LogP contribution in [0.3, 0.4) is 0 Å². The van der Waals surface area contributed by atoms with Gasteiger partial charge in [0.25, 0.3) is 0 Å². The monoisotopic (exact) mass is 299 g/mol. The van der Waals surface area contributed by atoms with E-state index in [9.17, 15) is 9.59 Å². The maximum atomic E-state index is 11.9. The van der Waals surface area contributed by atoms with Gasteiger partial charge in [-0.05, 0) is 18.6 Å². The lowest BCUT2D eigenvalue weighted by atomic mass is 10.2. The van der Waals surface area contributed by atoms with Crippen molar-refractivity contribution in [1.82, 2.24) is 25.2 Å². The average Bonchev–Trinajstić information content (AvgIpc) is 3.17. The predicted octanol–water partition coefficient (Wildman–Crippen LogP) is 0.340. The number of pyridine rings is 1. The van der Waals surface area contributed by atoms with Gasteiger partial charge >= 0.3 is 0 Å². The summed E-state index contributed by atoms with van der Waals surface area (Å²) >= 11 is 0. The minimum Gasteiger partial charge on any atom is -0.353 e. The van der Waals surface area contributed by atoms with Crippen LogP contribution in [0.4, 0.5) is 0 Å². The largest absolute Gasteiger partial charge is 0.353 e. The smallest absolute Gasteiger partial charge is 0.242 e. The molecule has 1 aliphatic rings. The van der Waals surface area contributed by atoms with Crippen LogP contribution in [0.2, 0.25) is 0 Å². The Morgan fingerprint density at radius 2 is 2.27 bits per heavy atom. The maximum absolute atomic E-state index is 11.9. The number of carbonyl (C=O) groups excluding carboxylic acids is 2. The van der Waals surface area contributed by atoms with Gasteiger partial charge < -0.3 is 15.2 Å². The first-order valence-electron chi connectivity index (χ1n) is 7.23. The third-order valence-electron chi connectivity index (χ3n) is 3.57. The Bertz CT molecular complexity index is 668. The van der Waals surface area contributed by atoms with E-state index in [4.69, 9.17) is 0 Å². The molecule has 2 N–H and O–H groups in total. The van der Waals surface area contributed by atoms with Crippen LogP contribution in [-0.4, -0.2) is 38.9 Å². The van der Waals surface area contributed by atoms with Gasteiger partial charge in [-0.1, -0.05) is 6.07 Å². The van der Waals surface area contributed by atoms with Crippen molar-refractivity contribution >= 4 is 11.8 Å². The van der Waals surface area contributed by atoms with Crippen molar-refractivity contribution in [2.75, 3.05) is 6.54 Å². The van der Waals surface area contributed by atoms with E-state index in [-0.39, 0.29) is 11.8 Å². The molecule has 1 unspecified atom stereocenters. The highest BCUT2D eigenvalue weighted by molar-refractivity contribution is 5.90. The second-order valence-electron chi connectivity index (χ2n) is 5.11. The van der Waals surface area contributed by atoms with Crippen LogP contribution in [0.1, 0.15) is 12.8 Å². The summed E-state index contributed by atoms with van der Waals surface area (Å²) < 4.78 is 1.94. The molecule has 7 heteroatoms. The molecule has 0 aliphatic carbocycles. The molecule has 0 bridgehead atoms. The molecule has 0 radical (unpaired) electrons. The lowest BCUT2D eigenvalue weighted by Crippen LogP contribution is -2.42. The molecule has 22 heavy (non-hydrogen) atoms. The number of rotatable bonds is 5. The molecular weight excluding hydrogens is 282 g/mol. The van der Waals surface area contributed by atoms with E-state index in [1.165, 1.54) is 0 Å². The molecule has 0 spiro atoms. The summed E-state index contributed by atoms with van der Waals surface area (Å²) in [5, 5.41) is 5.49. The summed E-state index contributed by atoms with van der Waals surface area (Å²) in [6.45, 7) is 1.07. The number of carbonyl (C=O) groups is 2. The van der Waals surface area contributed by atoms with Crippen molar-refractivity contribution < 1.29 is 9.59 Å². The fourth-order valence-corrected chi connectivity index (χ4v) is 2.45. The van der Waals surface area contributed by atoms with Crippen LogP contribution in [0.15, 0.2) is 36.8 Å². The van der Waals surface area contributed by atoms with E-state index in [1.807, 2.05) is 29.0 Å². The zero-order valence-electron chi connectivity index (χ0n) is 12.0. The van der Waals surface area contributed by atoms with E-state index >= 15 is 0 Å². The molecule has 3 rings (SSSR count). The van der Waals surface area contributed by atoms with E-state index in [2.05, 4.69) is 20.6 Å². The number of amides is 2. The number of imidazole rings is 1. The summed E-state index contributed by atoms with van der Waals surface area (Å²) in [4.78, 5) is 31.6. The van der Waals surface area contributed by atoms with Crippen LogP contribution < -0.4 is 10.6 Å². The molecule has 114 valence electrons. The number of hydrogen-bond donors (Lipinski definition) is 2. The van der Waals surface area contributed by atoms with Crippen LogP contribution in [0, 0.1) is 0 Å². The quantitative estimate of drug-likeness (QED) is 0.833. The highest BCUT2D eigenvalue weighted by Crippen LogP contribution is 2.13.